The molecule has 7 nitrogen and oxygen atoms in total. The molecule has 0 aliphatic heterocycles. The Bertz CT molecular complexity index is 586. The highest BCUT2D eigenvalue weighted by Crippen LogP contribution is 2.13. The van der Waals surface area contributed by atoms with Gasteiger partial charge in [0.25, 0.3) is 0 Å². The second kappa shape index (κ2) is 10.2. The van der Waals surface area contributed by atoms with Crippen molar-refractivity contribution < 1.29 is 24.2 Å². The predicted molar refractivity (Wildman–Crippen MR) is 101 cm³/mol. The van der Waals surface area contributed by atoms with Gasteiger partial charge in [0, 0.05) is 18.7 Å². The van der Waals surface area contributed by atoms with Crippen molar-refractivity contribution >= 4 is 29.4 Å². The monoisotopic (exact) mass is 386 g/mol. The molecule has 0 heterocycles. The van der Waals surface area contributed by atoms with Crippen LogP contribution in [0, 0.1) is 0 Å². The summed E-state index contributed by atoms with van der Waals surface area (Å²) < 4.78 is 9.94. The van der Waals surface area contributed by atoms with Gasteiger partial charge in [0.15, 0.2) is 0 Å². The van der Waals surface area contributed by atoms with E-state index in [1.807, 2.05) is 24.3 Å². The molecule has 0 saturated heterocycles. The molecule has 0 bridgehead atoms. The van der Waals surface area contributed by atoms with E-state index in [4.69, 9.17) is 21.1 Å². The van der Waals surface area contributed by atoms with Gasteiger partial charge in [-0.1, -0.05) is 12.1 Å². The van der Waals surface area contributed by atoms with Gasteiger partial charge in [-0.15, -0.1) is 11.6 Å². The van der Waals surface area contributed by atoms with Crippen molar-refractivity contribution in [2.45, 2.75) is 44.9 Å². The number of aliphatic hydroxyl groups excluding tert-OH is 1. The number of carbonyl (C=O) groups excluding carboxylic acids is 2. The van der Waals surface area contributed by atoms with Crippen LogP contribution in [0.5, 0.6) is 0 Å². The molecule has 0 aliphatic rings. The van der Waals surface area contributed by atoms with Crippen LogP contribution in [0.15, 0.2) is 24.3 Å². The number of benzene rings is 1. The molecular formula is C18H27ClN2O5. The number of alkyl carbamates (subject to hydrolysis) is 1. The largest absolute Gasteiger partial charge is 0.467 e. The first kappa shape index (κ1) is 22.1. The molecule has 0 radical (unpaired) electrons. The SMILES string of the molecule is COC(=O)C(Cc1ccc(NCC(O)CCl)cc1)NC(=O)OC(C)(C)C. The van der Waals surface area contributed by atoms with E-state index >= 15 is 0 Å². The van der Waals surface area contributed by atoms with Crippen molar-refractivity contribution in [3.05, 3.63) is 29.8 Å². The van der Waals surface area contributed by atoms with Crippen molar-refractivity contribution in [1.29, 1.82) is 0 Å². The minimum Gasteiger partial charge on any atom is -0.467 e. The zero-order valence-electron chi connectivity index (χ0n) is 15.5. The van der Waals surface area contributed by atoms with Crippen molar-refractivity contribution in [3.63, 3.8) is 0 Å². The fourth-order valence-electron chi connectivity index (χ4n) is 2.07. The van der Waals surface area contributed by atoms with E-state index in [0.29, 0.717) is 6.54 Å². The summed E-state index contributed by atoms with van der Waals surface area (Å²) in [5, 5.41) is 15.0. The summed E-state index contributed by atoms with van der Waals surface area (Å²) in [4.78, 5) is 23.9. The Morgan fingerprint density at radius 1 is 1.23 bits per heavy atom. The van der Waals surface area contributed by atoms with E-state index in [-0.39, 0.29) is 12.3 Å². The maximum Gasteiger partial charge on any atom is 0.408 e. The highest BCUT2D eigenvalue weighted by molar-refractivity contribution is 6.18. The normalized spacial score (nSPS) is 13.5. The second-order valence-electron chi connectivity index (χ2n) is 6.81. The lowest BCUT2D eigenvalue weighted by Crippen LogP contribution is -2.45. The van der Waals surface area contributed by atoms with Gasteiger partial charge in [-0.2, -0.15) is 0 Å². The highest BCUT2D eigenvalue weighted by atomic mass is 35.5. The van der Waals surface area contributed by atoms with Crippen molar-refractivity contribution in [2.24, 2.45) is 0 Å². The Hall–Kier alpha value is -1.99. The fraction of sp³-hybridized carbons (Fsp3) is 0.556. The number of halogens is 1. The maximum atomic E-state index is 11.9. The standard InChI is InChI=1S/C18H27ClN2O5/c1-18(2,3)26-17(24)21-15(16(23)25-4)9-12-5-7-13(8-6-12)20-11-14(22)10-19/h5-8,14-15,20,22H,9-11H2,1-4H3,(H,21,24). The van der Waals surface area contributed by atoms with Crippen molar-refractivity contribution in [3.8, 4) is 0 Å². The lowest BCUT2D eigenvalue weighted by Gasteiger charge is -2.22. The molecule has 1 aromatic carbocycles. The third-order valence-electron chi connectivity index (χ3n) is 3.29. The number of amides is 1. The van der Waals surface area contributed by atoms with Gasteiger partial charge in [-0.3, -0.25) is 0 Å². The first-order chi connectivity index (χ1) is 12.1. The Morgan fingerprint density at radius 2 is 1.85 bits per heavy atom. The summed E-state index contributed by atoms with van der Waals surface area (Å²) in [6, 6.07) is 6.42. The maximum absolute atomic E-state index is 11.9. The van der Waals surface area contributed by atoms with Gasteiger partial charge in [0.05, 0.1) is 19.1 Å². The quantitative estimate of drug-likeness (QED) is 0.468. The predicted octanol–water partition coefficient (Wildman–Crippen LogP) is 2.31. The Kier molecular flexibility index (Phi) is 8.68. The number of ether oxygens (including phenoxy) is 2. The van der Waals surface area contributed by atoms with E-state index in [9.17, 15) is 14.7 Å². The van der Waals surface area contributed by atoms with Crippen LogP contribution in [-0.2, 0) is 20.7 Å². The molecule has 1 amide bonds. The van der Waals surface area contributed by atoms with Crippen LogP contribution in [0.25, 0.3) is 0 Å². The van der Waals surface area contributed by atoms with Crippen molar-refractivity contribution in [2.75, 3.05) is 24.9 Å². The topological polar surface area (TPSA) is 96.9 Å². The lowest BCUT2D eigenvalue weighted by atomic mass is 10.1. The van der Waals surface area contributed by atoms with Crippen LogP contribution in [-0.4, -0.2) is 54.5 Å². The molecule has 1 rings (SSSR count). The first-order valence-corrected chi connectivity index (χ1v) is 8.82. The molecule has 0 fully saturated rings. The first-order valence-electron chi connectivity index (χ1n) is 8.28. The second-order valence-corrected chi connectivity index (χ2v) is 7.12. The minimum atomic E-state index is -0.855. The van der Waals surface area contributed by atoms with Crippen LogP contribution in [0.2, 0.25) is 0 Å². The van der Waals surface area contributed by atoms with E-state index in [0.717, 1.165) is 11.3 Å². The lowest BCUT2D eigenvalue weighted by molar-refractivity contribution is -0.143. The van der Waals surface area contributed by atoms with Crippen LogP contribution in [0.3, 0.4) is 0 Å². The summed E-state index contributed by atoms with van der Waals surface area (Å²) >= 11 is 5.55. The number of alkyl halides is 1. The summed E-state index contributed by atoms with van der Waals surface area (Å²) in [6.07, 6.45) is -1.05. The minimum absolute atomic E-state index is 0.155. The van der Waals surface area contributed by atoms with E-state index in [2.05, 4.69) is 10.6 Å². The molecule has 0 aromatic heterocycles. The summed E-state index contributed by atoms with van der Waals surface area (Å²) in [6.45, 7) is 5.57. The van der Waals surface area contributed by atoms with Gasteiger partial charge < -0.3 is 25.2 Å². The number of nitrogens with one attached hydrogen (secondary N) is 2. The molecule has 2 atom stereocenters. The molecule has 1 aromatic rings. The van der Waals surface area contributed by atoms with Crippen LogP contribution < -0.4 is 10.6 Å². The molecule has 146 valence electrons. The molecule has 0 aliphatic carbocycles. The number of hydrogen-bond donors (Lipinski definition) is 3. The molecule has 0 saturated carbocycles. The fourth-order valence-corrected chi connectivity index (χ4v) is 2.18. The number of carbonyl (C=O) groups is 2. The summed E-state index contributed by atoms with van der Waals surface area (Å²) in [5.74, 6) is -0.398. The Morgan fingerprint density at radius 3 is 2.35 bits per heavy atom. The molecular weight excluding hydrogens is 360 g/mol. The number of methoxy groups -OCH3 is 1. The third-order valence-corrected chi connectivity index (χ3v) is 3.65. The number of aliphatic hydroxyl groups is 1. The van der Waals surface area contributed by atoms with Gasteiger partial charge >= 0.3 is 12.1 Å². The average molecular weight is 387 g/mol. The smallest absolute Gasteiger partial charge is 0.408 e. The highest BCUT2D eigenvalue weighted by Gasteiger charge is 2.25. The number of hydrogen-bond acceptors (Lipinski definition) is 6. The zero-order valence-corrected chi connectivity index (χ0v) is 16.3. The van der Waals surface area contributed by atoms with Gasteiger partial charge in [0.2, 0.25) is 0 Å². The van der Waals surface area contributed by atoms with Crippen molar-refractivity contribution in [1.82, 2.24) is 5.32 Å². The Labute approximate surface area is 159 Å². The molecule has 26 heavy (non-hydrogen) atoms. The van der Waals surface area contributed by atoms with Gasteiger partial charge in [0.1, 0.15) is 11.6 Å². The molecule has 8 heteroatoms. The van der Waals surface area contributed by atoms with Crippen LogP contribution >= 0.6 is 11.6 Å². The summed E-state index contributed by atoms with van der Waals surface area (Å²) in [7, 11) is 1.27. The van der Waals surface area contributed by atoms with Crippen LogP contribution in [0.1, 0.15) is 26.3 Å². The number of rotatable bonds is 8. The third kappa shape index (κ3) is 8.40. The average Bonchev–Trinajstić information content (AvgIpc) is 2.57. The van der Waals surface area contributed by atoms with E-state index < -0.39 is 29.8 Å². The van der Waals surface area contributed by atoms with Gasteiger partial charge in [-0.05, 0) is 38.5 Å². The molecule has 2 unspecified atom stereocenters. The van der Waals surface area contributed by atoms with E-state index in [1.54, 1.807) is 20.8 Å². The van der Waals surface area contributed by atoms with Crippen LogP contribution in [0.4, 0.5) is 10.5 Å². The summed E-state index contributed by atoms with van der Waals surface area (Å²) in [5.41, 5.74) is 0.985. The molecule has 3 N–H and O–H groups in total. The number of anilines is 1. The van der Waals surface area contributed by atoms with E-state index in [1.165, 1.54) is 7.11 Å². The van der Waals surface area contributed by atoms with Gasteiger partial charge in [-0.25, -0.2) is 9.59 Å². The molecule has 0 spiro atoms. The number of esters is 1. The Balaban J connectivity index is 2.70. The zero-order chi connectivity index (χ0) is 19.7.